The summed E-state index contributed by atoms with van der Waals surface area (Å²) in [6.45, 7) is 3.75. The number of nitrogens with one attached hydrogen (secondary N) is 2. The largest absolute Gasteiger partial charge is 0.480 e. The SMILES string of the molecule is CC(C)C[C@@H](NC(=O)NCc1ccccc1F)C(=O)O. The summed E-state index contributed by atoms with van der Waals surface area (Å²) in [6.07, 6.45) is 0.336. The van der Waals surface area contributed by atoms with Gasteiger partial charge in [0.2, 0.25) is 0 Å². The molecule has 1 rings (SSSR count). The molecule has 0 spiro atoms. The van der Waals surface area contributed by atoms with E-state index in [-0.39, 0.29) is 12.5 Å². The van der Waals surface area contributed by atoms with Crippen molar-refractivity contribution in [3.63, 3.8) is 0 Å². The first-order valence-corrected chi connectivity index (χ1v) is 6.40. The molecule has 5 nitrogen and oxygen atoms in total. The molecule has 20 heavy (non-hydrogen) atoms. The third-order valence-corrected chi connectivity index (χ3v) is 2.71. The molecule has 0 aliphatic heterocycles. The van der Waals surface area contributed by atoms with Gasteiger partial charge < -0.3 is 15.7 Å². The van der Waals surface area contributed by atoms with E-state index in [1.165, 1.54) is 6.07 Å². The highest BCUT2D eigenvalue weighted by Crippen LogP contribution is 2.06. The van der Waals surface area contributed by atoms with E-state index in [2.05, 4.69) is 10.6 Å². The van der Waals surface area contributed by atoms with Crippen LogP contribution in [0.2, 0.25) is 0 Å². The topological polar surface area (TPSA) is 78.4 Å². The molecule has 0 aliphatic rings. The number of amides is 2. The second-order valence-electron chi connectivity index (χ2n) is 4.94. The number of hydrogen-bond acceptors (Lipinski definition) is 2. The Morgan fingerprint density at radius 3 is 2.50 bits per heavy atom. The summed E-state index contributed by atoms with van der Waals surface area (Å²) in [6, 6.07) is 4.50. The van der Waals surface area contributed by atoms with Crippen LogP contribution in [0.5, 0.6) is 0 Å². The Bertz CT molecular complexity index is 477. The fourth-order valence-corrected chi connectivity index (χ4v) is 1.72. The van der Waals surface area contributed by atoms with Crippen molar-refractivity contribution in [3.05, 3.63) is 35.6 Å². The first kappa shape index (κ1) is 15.9. The predicted octanol–water partition coefficient (Wildman–Crippen LogP) is 2.12. The molecule has 2 amide bonds. The van der Waals surface area contributed by atoms with Gasteiger partial charge in [0.05, 0.1) is 0 Å². The van der Waals surface area contributed by atoms with E-state index in [1.54, 1.807) is 18.2 Å². The van der Waals surface area contributed by atoms with Crippen molar-refractivity contribution in [1.29, 1.82) is 0 Å². The Kier molecular flexibility index (Phi) is 5.96. The van der Waals surface area contributed by atoms with E-state index < -0.39 is 23.9 Å². The summed E-state index contributed by atoms with van der Waals surface area (Å²) in [5.41, 5.74) is 0.346. The van der Waals surface area contributed by atoms with Gasteiger partial charge in [0.25, 0.3) is 0 Å². The van der Waals surface area contributed by atoms with Gasteiger partial charge in [-0.25, -0.2) is 14.0 Å². The smallest absolute Gasteiger partial charge is 0.326 e. The maximum atomic E-state index is 13.3. The van der Waals surface area contributed by atoms with Crippen molar-refractivity contribution in [3.8, 4) is 0 Å². The molecule has 0 fully saturated rings. The highest BCUT2D eigenvalue weighted by atomic mass is 19.1. The Morgan fingerprint density at radius 1 is 1.30 bits per heavy atom. The number of rotatable bonds is 6. The van der Waals surface area contributed by atoms with Crippen molar-refractivity contribution in [2.45, 2.75) is 32.9 Å². The lowest BCUT2D eigenvalue weighted by atomic mass is 10.0. The maximum absolute atomic E-state index is 13.3. The zero-order valence-electron chi connectivity index (χ0n) is 11.5. The average Bonchev–Trinajstić information content (AvgIpc) is 2.36. The van der Waals surface area contributed by atoms with Crippen LogP contribution in [0.15, 0.2) is 24.3 Å². The van der Waals surface area contributed by atoms with Crippen LogP contribution in [0.1, 0.15) is 25.8 Å². The molecule has 0 radical (unpaired) electrons. The average molecular weight is 282 g/mol. The van der Waals surface area contributed by atoms with Gasteiger partial charge in [-0.3, -0.25) is 0 Å². The summed E-state index contributed by atoms with van der Waals surface area (Å²) in [5.74, 6) is -1.35. The van der Waals surface area contributed by atoms with Gasteiger partial charge >= 0.3 is 12.0 Å². The second kappa shape index (κ2) is 7.47. The molecule has 0 saturated heterocycles. The fraction of sp³-hybridized carbons (Fsp3) is 0.429. The minimum absolute atomic E-state index is 0.00647. The molecular formula is C14H19FN2O3. The number of halogens is 1. The lowest BCUT2D eigenvalue weighted by molar-refractivity contribution is -0.139. The van der Waals surface area contributed by atoms with E-state index in [0.29, 0.717) is 12.0 Å². The lowest BCUT2D eigenvalue weighted by Crippen LogP contribution is -2.46. The monoisotopic (exact) mass is 282 g/mol. The second-order valence-corrected chi connectivity index (χ2v) is 4.94. The number of carbonyl (C=O) groups is 2. The van der Waals surface area contributed by atoms with Gasteiger partial charge in [0, 0.05) is 12.1 Å². The molecule has 0 aliphatic carbocycles. The summed E-state index contributed by atoms with van der Waals surface area (Å²) >= 11 is 0. The summed E-state index contributed by atoms with van der Waals surface area (Å²) in [4.78, 5) is 22.6. The minimum atomic E-state index is -1.08. The molecule has 6 heteroatoms. The number of carboxylic acid groups (broad SMARTS) is 1. The number of aliphatic carboxylic acids is 1. The third-order valence-electron chi connectivity index (χ3n) is 2.71. The molecule has 110 valence electrons. The summed E-state index contributed by atoms with van der Waals surface area (Å²) in [7, 11) is 0. The first-order valence-electron chi connectivity index (χ1n) is 6.40. The zero-order chi connectivity index (χ0) is 15.1. The number of urea groups is 1. The van der Waals surface area contributed by atoms with Gasteiger partial charge in [-0.05, 0) is 18.4 Å². The quantitative estimate of drug-likeness (QED) is 0.748. The number of benzene rings is 1. The Hall–Kier alpha value is -2.11. The van der Waals surface area contributed by atoms with Crippen LogP contribution in [0.3, 0.4) is 0 Å². The van der Waals surface area contributed by atoms with Gasteiger partial charge in [-0.15, -0.1) is 0 Å². The number of carbonyl (C=O) groups excluding carboxylic acids is 1. The molecule has 1 atom stereocenters. The molecule has 1 aromatic rings. The van der Waals surface area contributed by atoms with Crippen molar-refractivity contribution < 1.29 is 19.1 Å². The molecule has 0 heterocycles. The maximum Gasteiger partial charge on any atom is 0.326 e. The first-order chi connectivity index (χ1) is 9.40. The summed E-state index contributed by atoms with van der Waals surface area (Å²) < 4.78 is 13.3. The molecule has 1 aromatic carbocycles. The lowest BCUT2D eigenvalue weighted by Gasteiger charge is -2.17. The molecule has 0 saturated carbocycles. The van der Waals surface area contributed by atoms with Gasteiger partial charge in [0.15, 0.2) is 0 Å². The van der Waals surface area contributed by atoms with Crippen molar-refractivity contribution in [1.82, 2.24) is 10.6 Å². The molecule has 0 aromatic heterocycles. The Morgan fingerprint density at radius 2 is 1.95 bits per heavy atom. The molecule has 0 unspecified atom stereocenters. The van der Waals surface area contributed by atoms with Crippen LogP contribution in [0.4, 0.5) is 9.18 Å². The number of hydrogen-bond donors (Lipinski definition) is 3. The van der Waals surface area contributed by atoms with E-state index in [9.17, 15) is 14.0 Å². The van der Waals surface area contributed by atoms with Crippen molar-refractivity contribution in [2.75, 3.05) is 0 Å². The standard InChI is InChI=1S/C14H19FN2O3/c1-9(2)7-12(13(18)19)17-14(20)16-8-10-5-3-4-6-11(10)15/h3-6,9,12H,7-8H2,1-2H3,(H,18,19)(H2,16,17,20)/t12-/m1/s1. The zero-order valence-corrected chi connectivity index (χ0v) is 11.5. The van der Waals surface area contributed by atoms with E-state index in [1.807, 2.05) is 13.8 Å². The highest BCUT2D eigenvalue weighted by molar-refractivity contribution is 5.82. The van der Waals surface area contributed by atoms with Crippen LogP contribution in [-0.4, -0.2) is 23.1 Å². The van der Waals surface area contributed by atoms with Crippen molar-refractivity contribution >= 4 is 12.0 Å². The van der Waals surface area contributed by atoms with E-state index >= 15 is 0 Å². The van der Waals surface area contributed by atoms with Gasteiger partial charge in [-0.2, -0.15) is 0 Å². The highest BCUT2D eigenvalue weighted by Gasteiger charge is 2.20. The van der Waals surface area contributed by atoms with Crippen LogP contribution in [0.25, 0.3) is 0 Å². The number of carboxylic acids is 1. The Labute approximate surface area is 117 Å². The van der Waals surface area contributed by atoms with Crippen LogP contribution < -0.4 is 10.6 Å². The van der Waals surface area contributed by atoms with Crippen LogP contribution >= 0.6 is 0 Å². The normalized spacial score (nSPS) is 12.0. The van der Waals surface area contributed by atoms with Crippen molar-refractivity contribution in [2.24, 2.45) is 5.92 Å². The molecule has 3 N–H and O–H groups in total. The Balaban J connectivity index is 2.50. The predicted molar refractivity (Wildman–Crippen MR) is 72.7 cm³/mol. The van der Waals surface area contributed by atoms with Gasteiger partial charge in [0.1, 0.15) is 11.9 Å². The van der Waals surface area contributed by atoms with Gasteiger partial charge in [-0.1, -0.05) is 32.0 Å². The summed E-state index contributed by atoms with van der Waals surface area (Å²) in [5, 5.41) is 13.8. The van der Waals surface area contributed by atoms with Crippen LogP contribution in [-0.2, 0) is 11.3 Å². The third kappa shape index (κ3) is 5.26. The molecular weight excluding hydrogens is 263 g/mol. The van der Waals surface area contributed by atoms with Crippen LogP contribution in [0, 0.1) is 11.7 Å². The van der Waals surface area contributed by atoms with E-state index in [4.69, 9.17) is 5.11 Å². The fourth-order valence-electron chi connectivity index (χ4n) is 1.72. The minimum Gasteiger partial charge on any atom is -0.480 e. The molecule has 0 bridgehead atoms. The van der Waals surface area contributed by atoms with E-state index in [0.717, 1.165) is 0 Å².